The average Bonchev–Trinajstić information content (AvgIpc) is 2.16. The Labute approximate surface area is 81.3 Å². The predicted molar refractivity (Wildman–Crippen MR) is 53.6 cm³/mol. The maximum absolute atomic E-state index is 10.1. The third-order valence-corrected chi connectivity index (χ3v) is 3.77. The summed E-state index contributed by atoms with van der Waals surface area (Å²) >= 11 is 0. The van der Waals surface area contributed by atoms with Crippen LogP contribution in [0.25, 0.3) is 0 Å². The van der Waals surface area contributed by atoms with Crippen molar-refractivity contribution in [1.29, 1.82) is 0 Å². The Morgan fingerprint density at radius 2 is 1.85 bits per heavy atom. The lowest BCUT2D eigenvalue weighted by Crippen LogP contribution is -2.54. The van der Waals surface area contributed by atoms with Crippen LogP contribution in [0.15, 0.2) is 0 Å². The lowest BCUT2D eigenvalue weighted by molar-refractivity contribution is -0.196. The minimum atomic E-state index is -0.300. The standard InChI is InChI=1S/C11H22O2/c1-5-11(6-2)10(12)9(4)8(3)7-13-11/h8-10,12H,5-7H2,1-4H3. The Hall–Kier alpha value is -0.0800. The Kier molecular flexibility index (Phi) is 3.36. The highest BCUT2D eigenvalue weighted by molar-refractivity contribution is 4.94. The zero-order chi connectivity index (χ0) is 10.1. The highest BCUT2D eigenvalue weighted by Gasteiger charge is 2.44. The fraction of sp³-hybridized carbons (Fsp3) is 1.00. The minimum absolute atomic E-state index is 0.272. The van der Waals surface area contributed by atoms with Gasteiger partial charge in [-0.2, -0.15) is 0 Å². The van der Waals surface area contributed by atoms with Crippen LogP contribution >= 0.6 is 0 Å². The lowest BCUT2D eigenvalue weighted by Gasteiger charge is -2.46. The third kappa shape index (κ3) is 1.75. The van der Waals surface area contributed by atoms with Crippen molar-refractivity contribution in [2.45, 2.75) is 52.2 Å². The third-order valence-electron chi connectivity index (χ3n) is 3.77. The molecule has 3 atom stereocenters. The molecule has 1 aliphatic heterocycles. The van der Waals surface area contributed by atoms with Gasteiger partial charge in [0.1, 0.15) is 0 Å². The van der Waals surface area contributed by atoms with E-state index in [1.807, 2.05) is 0 Å². The number of hydrogen-bond acceptors (Lipinski definition) is 2. The normalized spacial score (nSPS) is 39.0. The van der Waals surface area contributed by atoms with Crippen molar-refractivity contribution in [1.82, 2.24) is 0 Å². The van der Waals surface area contributed by atoms with Gasteiger partial charge in [0.05, 0.1) is 18.3 Å². The summed E-state index contributed by atoms with van der Waals surface area (Å²) in [6, 6.07) is 0. The molecule has 0 amide bonds. The second-order valence-electron chi connectivity index (χ2n) is 4.36. The SMILES string of the molecule is CCC1(CC)OCC(C)C(C)C1O. The summed E-state index contributed by atoms with van der Waals surface area (Å²) in [5, 5.41) is 10.1. The molecule has 1 N–H and O–H groups in total. The fourth-order valence-electron chi connectivity index (χ4n) is 2.20. The molecule has 0 aliphatic carbocycles. The summed E-state index contributed by atoms with van der Waals surface area (Å²) in [5.74, 6) is 0.829. The van der Waals surface area contributed by atoms with Crippen molar-refractivity contribution >= 4 is 0 Å². The van der Waals surface area contributed by atoms with Crippen LogP contribution in [0.1, 0.15) is 40.5 Å². The van der Waals surface area contributed by atoms with E-state index in [0.717, 1.165) is 19.4 Å². The van der Waals surface area contributed by atoms with Crippen LogP contribution in [-0.2, 0) is 4.74 Å². The van der Waals surface area contributed by atoms with Crippen LogP contribution in [0.5, 0.6) is 0 Å². The average molecular weight is 186 g/mol. The van der Waals surface area contributed by atoms with E-state index >= 15 is 0 Å². The number of rotatable bonds is 2. The van der Waals surface area contributed by atoms with Gasteiger partial charge in [0.25, 0.3) is 0 Å². The van der Waals surface area contributed by atoms with E-state index in [4.69, 9.17) is 4.74 Å². The first-order chi connectivity index (χ1) is 6.07. The molecule has 0 spiro atoms. The molecule has 0 aromatic heterocycles. The number of hydrogen-bond donors (Lipinski definition) is 1. The number of aliphatic hydroxyl groups is 1. The highest BCUT2D eigenvalue weighted by atomic mass is 16.5. The Balaban J connectivity index is 2.77. The molecule has 0 saturated carbocycles. The van der Waals surface area contributed by atoms with Crippen molar-refractivity contribution in [3.05, 3.63) is 0 Å². The molecule has 0 aromatic carbocycles. The minimum Gasteiger partial charge on any atom is -0.390 e. The van der Waals surface area contributed by atoms with Crippen LogP contribution in [0, 0.1) is 11.8 Å². The summed E-state index contributed by atoms with van der Waals surface area (Å²) in [7, 11) is 0. The molecular weight excluding hydrogens is 164 g/mol. The first kappa shape index (κ1) is 11.0. The van der Waals surface area contributed by atoms with Crippen molar-refractivity contribution in [2.24, 2.45) is 11.8 Å². The van der Waals surface area contributed by atoms with Crippen LogP contribution in [0.3, 0.4) is 0 Å². The second kappa shape index (κ2) is 3.97. The van der Waals surface area contributed by atoms with Crippen molar-refractivity contribution < 1.29 is 9.84 Å². The fourth-order valence-corrected chi connectivity index (χ4v) is 2.20. The van der Waals surface area contributed by atoms with Crippen molar-refractivity contribution in [3.8, 4) is 0 Å². The van der Waals surface area contributed by atoms with E-state index in [1.54, 1.807) is 0 Å². The first-order valence-electron chi connectivity index (χ1n) is 5.39. The predicted octanol–water partition coefficient (Wildman–Crippen LogP) is 2.21. The van der Waals surface area contributed by atoms with Gasteiger partial charge >= 0.3 is 0 Å². The monoisotopic (exact) mass is 186 g/mol. The van der Waals surface area contributed by atoms with Gasteiger partial charge in [-0.1, -0.05) is 27.7 Å². The molecule has 1 saturated heterocycles. The molecule has 13 heavy (non-hydrogen) atoms. The molecule has 0 bridgehead atoms. The van der Waals surface area contributed by atoms with Gasteiger partial charge in [-0.25, -0.2) is 0 Å². The highest BCUT2D eigenvalue weighted by Crippen LogP contribution is 2.37. The molecule has 1 aliphatic rings. The van der Waals surface area contributed by atoms with Crippen LogP contribution in [-0.4, -0.2) is 23.4 Å². The topological polar surface area (TPSA) is 29.5 Å². The molecule has 1 rings (SSSR count). The summed E-state index contributed by atoms with van der Waals surface area (Å²) in [6.45, 7) is 9.24. The van der Waals surface area contributed by atoms with E-state index in [0.29, 0.717) is 11.8 Å². The molecule has 0 radical (unpaired) electrons. The van der Waals surface area contributed by atoms with Crippen molar-refractivity contribution in [3.63, 3.8) is 0 Å². The number of ether oxygens (including phenoxy) is 1. The van der Waals surface area contributed by atoms with Gasteiger partial charge in [-0.05, 0) is 24.7 Å². The molecular formula is C11H22O2. The van der Waals surface area contributed by atoms with Gasteiger partial charge in [-0.15, -0.1) is 0 Å². The lowest BCUT2D eigenvalue weighted by atomic mass is 9.76. The molecule has 1 heterocycles. The van der Waals surface area contributed by atoms with Crippen LogP contribution in [0.2, 0.25) is 0 Å². The zero-order valence-electron chi connectivity index (χ0n) is 9.21. The Morgan fingerprint density at radius 1 is 1.31 bits per heavy atom. The first-order valence-corrected chi connectivity index (χ1v) is 5.39. The zero-order valence-corrected chi connectivity index (χ0v) is 9.21. The summed E-state index contributed by atoms with van der Waals surface area (Å²) in [4.78, 5) is 0. The largest absolute Gasteiger partial charge is 0.390 e. The molecule has 2 heteroatoms. The van der Waals surface area contributed by atoms with Gasteiger partial charge in [-0.3, -0.25) is 0 Å². The quantitative estimate of drug-likeness (QED) is 0.716. The van der Waals surface area contributed by atoms with E-state index in [1.165, 1.54) is 0 Å². The molecule has 78 valence electrons. The Morgan fingerprint density at radius 3 is 2.31 bits per heavy atom. The molecule has 1 fully saturated rings. The second-order valence-corrected chi connectivity index (χ2v) is 4.36. The summed E-state index contributed by atoms with van der Waals surface area (Å²) in [5.41, 5.74) is -0.272. The van der Waals surface area contributed by atoms with Gasteiger partial charge < -0.3 is 9.84 Å². The van der Waals surface area contributed by atoms with Gasteiger partial charge in [0.2, 0.25) is 0 Å². The maximum Gasteiger partial charge on any atom is 0.0937 e. The van der Waals surface area contributed by atoms with Gasteiger partial charge in [0, 0.05) is 0 Å². The summed E-state index contributed by atoms with van der Waals surface area (Å²) in [6.07, 6.45) is 1.51. The molecule has 2 nitrogen and oxygen atoms in total. The number of aliphatic hydroxyl groups excluding tert-OH is 1. The smallest absolute Gasteiger partial charge is 0.0937 e. The molecule has 0 aromatic rings. The van der Waals surface area contributed by atoms with Gasteiger partial charge in [0.15, 0.2) is 0 Å². The van der Waals surface area contributed by atoms with E-state index in [9.17, 15) is 5.11 Å². The van der Waals surface area contributed by atoms with Crippen molar-refractivity contribution in [2.75, 3.05) is 6.61 Å². The molecule has 3 unspecified atom stereocenters. The summed E-state index contributed by atoms with van der Waals surface area (Å²) < 4.78 is 5.81. The van der Waals surface area contributed by atoms with Crippen LogP contribution in [0.4, 0.5) is 0 Å². The Bertz CT molecular complexity index is 163. The van der Waals surface area contributed by atoms with E-state index in [2.05, 4.69) is 27.7 Å². The van der Waals surface area contributed by atoms with E-state index in [-0.39, 0.29) is 11.7 Å². The van der Waals surface area contributed by atoms with E-state index < -0.39 is 0 Å². The maximum atomic E-state index is 10.1. The van der Waals surface area contributed by atoms with Crippen LogP contribution < -0.4 is 0 Å².